The summed E-state index contributed by atoms with van der Waals surface area (Å²) in [5, 5.41) is 0.0322. The Labute approximate surface area is 226 Å². The summed E-state index contributed by atoms with van der Waals surface area (Å²) in [6.45, 7) is 10.7. The lowest BCUT2D eigenvalue weighted by molar-refractivity contribution is -0.135. The Morgan fingerprint density at radius 2 is 1.74 bits per heavy atom. The zero-order valence-corrected chi connectivity index (χ0v) is 23.4. The molecule has 2 aromatic carbocycles. The van der Waals surface area contributed by atoms with Crippen LogP contribution >= 0.6 is 0 Å². The van der Waals surface area contributed by atoms with Crippen molar-refractivity contribution < 1.29 is 17.9 Å². The van der Waals surface area contributed by atoms with Gasteiger partial charge < -0.3 is 14.2 Å². The van der Waals surface area contributed by atoms with Crippen molar-refractivity contribution in [2.24, 2.45) is 5.92 Å². The Hall–Kier alpha value is -3.01. The number of sulfone groups is 1. The maximum Gasteiger partial charge on any atom is 0.228 e. The van der Waals surface area contributed by atoms with Crippen molar-refractivity contribution in [3.8, 4) is 0 Å². The second-order valence-electron chi connectivity index (χ2n) is 10.2. The molecule has 8 nitrogen and oxygen atoms in total. The molecule has 2 heterocycles. The number of imidazole rings is 1. The molecule has 3 aromatic rings. The second-order valence-corrected chi connectivity index (χ2v) is 12.0. The molecule has 0 bridgehead atoms. The van der Waals surface area contributed by atoms with E-state index in [0.29, 0.717) is 38.5 Å². The lowest BCUT2D eigenvalue weighted by Crippen LogP contribution is -2.44. The van der Waals surface area contributed by atoms with Gasteiger partial charge in [0.1, 0.15) is 0 Å². The van der Waals surface area contributed by atoms with E-state index >= 15 is 0 Å². The van der Waals surface area contributed by atoms with Gasteiger partial charge in [-0.15, -0.1) is 0 Å². The van der Waals surface area contributed by atoms with Crippen molar-refractivity contribution in [2.75, 3.05) is 39.4 Å². The fraction of sp³-hybridized carbons (Fsp3) is 0.448. The highest BCUT2D eigenvalue weighted by Crippen LogP contribution is 2.22. The molecule has 1 aromatic heterocycles. The van der Waals surface area contributed by atoms with Crippen LogP contribution in [0.25, 0.3) is 0 Å². The summed E-state index contributed by atoms with van der Waals surface area (Å²) >= 11 is 0. The highest BCUT2D eigenvalue weighted by molar-refractivity contribution is 7.90. The van der Waals surface area contributed by atoms with Crippen LogP contribution in [0.2, 0.25) is 0 Å². The number of aromatic nitrogens is 2. The summed E-state index contributed by atoms with van der Waals surface area (Å²) in [7, 11) is -3.74. The molecule has 0 saturated carbocycles. The average molecular weight is 539 g/mol. The standard InChI is InChI=1S/C29H38N4O4S/c1-23(2)28(34)32(14-13-31-15-17-37-18-16-31)21-27-19-30-29(33(27)20-25-10-5-4-6-11-25)38(35,36)22-26-12-8-7-9-24(26)3/h4-12,19,23H,13-18,20-22H2,1-3H3. The molecule has 0 spiro atoms. The topological polar surface area (TPSA) is 84.7 Å². The first-order chi connectivity index (χ1) is 18.2. The van der Waals surface area contributed by atoms with E-state index < -0.39 is 9.84 Å². The predicted molar refractivity (Wildman–Crippen MR) is 147 cm³/mol. The monoisotopic (exact) mass is 538 g/mol. The van der Waals surface area contributed by atoms with Gasteiger partial charge in [0.2, 0.25) is 20.9 Å². The van der Waals surface area contributed by atoms with Gasteiger partial charge in [-0.1, -0.05) is 68.4 Å². The summed E-state index contributed by atoms with van der Waals surface area (Å²) in [6, 6.07) is 17.2. The van der Waals surface area contributed by atoms with Gasteiger partial charge in [-0.05, 0) is 23.6 Å². The van der Waals surface area contributed by atoms with Gasteiger partial charge in [0.25, 0.3) is 0 Å². The van der Waals surface area contributed by atoms with Crippen molar-refractivity contribution in [1.82, 2.24) is 19.4 Å². The van der Waals surface area contributed by atoms with Crippen molar-refractivity contribution in [3.05, 3.63) is 83.2 Å². The third-order valence-corrected chi connectivity index (χ3v) is 8.49. The minimum absolute atomic E-state index is 0.0322. The molecular formula is C29H38N4O4S. The molecule has 38 heavy (non-hydrogen) atoms. The number of benzene rings is 2. The SMILES string of the molecule is Cc1ccccc1CS(=O)(=O)c1ncc(CN(CCN2CCOCC2)C(=O)C(C)C)n1Cc1ccccc1. The number of hydrogen-bond acceptors (Lipinski definition) is 6. The molecule has 0 atom stereocenters. The highest BCUT2D eigenvalue weighted by Gasteiger charge is 2.27. The van der Waals surface area contributed by atoms with E-state index in [1.807, 2.05) is 80.3 Å². The minimum atomic E-state index is -3.74. The van der Waals surface area contributed by atoms with Crippen LogP contribution in [-0.4, -0.2) is 73.1 Å². The van der Waals surface area contributed by atoms with Crippen molar-refractivity contribution >= 4 is 15.7 Å². The molecule has 0 unspecified atom stereocenters. The number of hydrogen-bond donors (Lipinski definition) is 0. The largest absolute Gasteiger partial charge is 0.379 e. The van der Waals surface area contributed by atoms with Gasteiger partial charge in [-0.2, -0.15) is 0 Å². The van der Waals surface area contributed by atoms with E-state index in [0.717, 1.165) is 36.3 Å². The number of aryl methyl sites for hydroxylation is 1. The summed E-state index contributed by atoms with van der Waals surface area (Å²) < 4.78 is 34.5. The Balaban J connectivity index is 1.65. The van der Waals surface area contributed by atoms with Crippen molar-refractivity contribution in [1.29, 1.82) is 0 Å². The number of amides is 1. The Bertz CT molecular complexity index is 1320. The molecule has 9 heteroatoms. The smallest absolute Gasteiger partial charge is 0.228 e. The zero-order chi connectivity index (χ0) is 27.1. The summed E-state index contributed by atoms with van der Waals surface area (Å²) in [5.74, 6) is -0.263. The van der Waals surface area contributed by atoms with Crippen LogP contribution in [0.1, 0.15) is 36.2 Å². The van der Waals surface area contributed by atoms with Crippen LogP contribution in [0.15, 0.2) is 66.0 Å². The predicted octanol–water partition coefficient (Wildman–Crippen LogP) is 3.53. The van der Waals surface area contributed by atoms with Crippen molar-refractivity contribution in [3.63, 3.8) is 0 Å². The first-order valence-corrected chi connectivity index (χ1v) is 14.8. The highest BCUT2D eigenvalue weighted by atomic mass is 32.2. The third kappa shape index (κ3) is 7.09. The fourth-order valence-corrected chi connectivity index (χ4v) is 6.25. The average Bonchev–Trinajstić information content (AvgIpc) is 3.31. The van der Waals surface area contributed by atoms with Crippen LogP contribution in [0, 0.1) is 12.8 Å². The summed E-state index contributed by atoms with van der Waals surface area (Å²) in [6.07, 6.45) is 1.61. The number of ether oxygens (including phenoxy) is 1. The Morgan fingerprint density at radius 3 is 2.42 bits per heavy atom. The van der Waals surface area contributed by atoms with Crippen LogP contribution in [-0.2, 0) is 38.2 Å². The Morgan fingerprint density at radius 1 is 1.05 bits per heavy atom. The van der Waals surface area contributed by atoms with E-state index in [2.05, 4.69) is 9.88 Å². The van der Waals surface area contributed by atoms with Crippen LogP contribution < -0.4 is 0 Å². The zero-order valence-electron chi connectivity index (χ0n) is 22.5. The normalized spacial score (nSPS) is 14.6. The number of carbonyl (C=O) groups excluding carboxylic acids is 1. The fourth-order valence-electron chi connectivity index (χ4n) is 4.66. The molecule has 204 valence electrons. The minimum Gasteiger partial charge on any atom is -0.379 e. The van der Waals surface area contributed by atoms with Crippen LogP contribution in [0.5, 0.6) is 0 Å². The quantitative estimate of drug-likeness (QED) is 0.371. The lowest BCUT2D eigenvalue weighted by Gasteiger charge is -2.31. The molecule has 1 fully saturated rings. The van der Waals surface area contributed by atoms with Gasteiger partial charge in [0, 0.05) is 32.1 Å². The molecule has 1 aliphatic heterocycles. The number of morpholine rings is 1. The maximum atomic E-state index is 13.7. The number of rotatable bonds is 11. The summed E-state index contributed by atoms with van der Waals surface area (Å²) in [4.78, 5) is 21.8. The van der Waals surface area contributed by atoms with Gasteiger partial charge >= 0.3 is 0 Å². The van der Waals surface area contributed by atoms with Crippen LogP contribution in [0.3, 0.4) is 0 Å². The molecule has 0 radical (unpaired) electrons. The van der Waals surface area contributed by atoms with E-state index in [4.69, 9.17) is 4.74 Å². The first-order valence-electron chi connectivity index (χ1n) is 13.2. The maximum absolute atomic E-state index is 13.7. The molecule has 0 aliphatic carbocycles. The first kappa shape index (κ1) is 28.0. The third-order valence-electron chi connectivity index (χ3n) is 6.92. The summed E-state index contributed by atoms with van der Waals surface area (Å²) in [5.41, 5.74) is 3.35. The van der Waals surface area contributed by atoms with Crippen LogP contribution in [0.4, 0.5) is 0 Å². The van der Waals surface area contributed by atoms with Gasteiger partial charge in [0.15, 0.2) is 0 Å². The van der Waals surface area contributed by atoms with Crippen molar-refractivity contribution in [2.45, 2.75) is 44.8 Å². The van der Waals surface area contributed by atoms with E-state index in [1.165, 1.54) is 0 Å². The Kier molecular flexibility index (Phi) is 9.35. The molecule has 1 aliphatic rings. The van der Waals surface area contributed by atoms with E-state index in [-0.39, 0.29) is 22.7 Å². The molecule has 1 saturated heterocycles. The van der Waals surface area contributed by atoms with Gasteiger partial charge in [0.05, 0.1) is 43.9 Å². The second kappa shape index (κ2) is 12.7. The van der Waals surface area contributed by atoms with Gasteiger partial charge in [-0.25, -0.2) is 13.4 Å². The molecule has 1 amide bonds. The number of nitrogens with zero attached hydrogens (tertiary/aromatic N) is 4. The lowest BCUT2D eigenvalue weighted by atomic mass is 10.1. The molecule has 4 rings (SSSR count). The number of carbonyl (C=O) groups is 1. The van der Waals surface area contributed by atoms with E-state index in [9.17, 15) is 13.2 Å². The van der Waals surface area contributed by atoms with Gasteiger partial charge in [-0.3, -0.25) is 9.69 Å². The molecule has 0 N–H and O–H groups in total. The molecular weight excluding hydrogens is 500 g/mol. The van der Waals surface area contributed by atoms with E-state index in [1.54, 1.807) is 10.8 Å².